The number of benzene rings is 2. The number of hydrogen-bond acceptors (Lipinski definition) is 9. The van der Waals surface area contributed by atoms with Crippen molar-refractivity contribution in [2.45, 2.75) is 49.7 Å². The molecule has 35 heavy (non-hydrogen) atoms. The molecular formula is C24H30N2O9. The van der Waals surface area contributed by atoms with Crippen LogP contribution >= 0.6 is 0 Å². The van der Waals surface area contributed by atoms with Crippen LogP contribution in [0.15, 0.2) is 54.6 Å². The van der Waals surface area contributed by atoms with Crippen molar-refractivity contribution in [1.82, 2.24) is 10.6 Å². The number of carbonyl (C=O) groups excluding carboxylic acids is 2. The van der Waals surface area contributed by atoms with Crippen molar-refractivity contribution in [2.24, 2.45) is 0 Å². The number of amides is 2. The lowest BCUT2D eigenvalue weighted by Gasteiger charge is -2.42. The van der Waals surface area contributed by atoms with Crippen molar-refractivity contribution in [3.8, 4) is 5.75 Å². The molecule has 0 radical (unpaired) electrons. The molecule has 6 atom stereocenters. The lowest BCUT2D eigenvalue weighted by atomic mass is 9.95. The number of alkyl carbamates (subject to hydrolysis) is 1. The number of methoxy groups -OCH3 is 1. The van der Waals surface area contributed by atoms with Crippen molar-refractivity contribution in [2.75, 3.05) is 13.7 Å². The van der Waals surface area contributed by atoms with Gasteiger partial charge in [-0.2, -0.15) is 0 Å². The maximum absolute atomic E-state index is 13.2. The second-order valence-electron chi connectivity index (χ2n) is 8.11. The molecule has 190 valence electrons. The normalized spacial score (nSPS) is 24.9. The molecule has 1 saturated heterocycles. The highest BCUT2D eigenvalue weighted by atomic mass is 16.7. The Kier molecular flexibility index (Phi) is 9.40. The molecule has 1 aliphatic rings. The standard InChI is InChI=1S/C24H30N2O9/c1-33-23-21(30)19(20(29)18(12-27)35-23)26-22(31)17(11-14-7-9-16(28)10-8-14)25-24(32)34-13-15-5-3-2-4-6-15/h2-10,17-21,23,27-30H,11-13H2,1H3,(H,25,32)(H,26,31)/t17-,18+,19-,20-,21+,23-/m1/s1. The Hall–Kier alpha value is -3.22. The molecule has 0 aromatic heterocycles. The van der Waals surface area contributed by atoms with E-state index >= 15 is 0 Å². The number of aliphatic hydroxyl groups excluding tert-OH is 3. The largest absolute Gasteiger partial charge is 0.508 e. The SMILES string of the molecule is CO[C@@H]1O[C@@H](CO)[C@@H](O)[C@@H](NC(=O)[C@@H](Cc2ccc(O)cc2)NC(=O)OCc2ccccc2)[C@@H]1O. The highest BCUT2D eigenvalue weighted by Gasteiger charge is 2.45. The Morgan fingerprint density at radius 1 is 1.03 bits per heavy atom. The van der Waals surface area contributed by atoms with Crippen LogP contribution in [0.3, 0.4) is 0 Å². The van der Waals surface area contributed by atoms with Crippen LogP contribution in [0.5, 0.6) is 5.75 Å². The van der Waals surface area contributed by atoms with E-state index in [0.29, 0.717) is 5.56 Å². The van der Waals surface area contributed by atoms with Crippen molar-refractivity contribution in [1.29, 1.82) is 0 Å². The van der Waals surface area contributed by atoms with Crippen LogP contribution < -0.4 is 10.6 Å². The van der Waals surface area contributed by atoms with E-state index in [1.807, 2.05) is 6.07 Å². The molecule has 0 unspecified atom stereocenters. The summed E-state index contributed by atoms with van der Waals surface area (Å²) in [4.78, 5) is 25.6. The van der Waals surface area contributed by atoms with E-state index in [1.165, 1.54) is 19.2 Å². The van der Waals surface area contributed by atoms with Crippen LogP contribution in [-0.2, 0) is 32.0 Å². The molecule has 6 N–H and O–H groups in total. The fourth-order valence-corrected chi connectivity index (χ4v) is 3.70. The molecule has 3 rings (SSSR count). The molecule has 0 bridgehead atoms. The molecule has 0 spiro atoms. The van der Waals surface area contributed by atoms with E-state index in [4.69, 9.17) is 14.2 Å². The molecule has 2 amide bonds. The van der Waals surface area contributed by atoms with Gasteiger partial charge in [0, 0.05) is 13.5 Å². The van der Waals surface area contributed by atoms with Gasteiger partial charge in [-0.05, 0) is 23.3 Å². The highest BCUT2D eigenvalue weighted by molar-refractivity contribution is 5.86. The topological polar surface area (TPSA) is 167 Å². The highest BCUT2D eigenvalue weighted by Crippen LogP contribution is 2.22. The first-order valence-corrected chi connectivity index (χ1v) is 11.0. The molecule has 0 aliphatic carbocycles. The van der Waals surface area contributed by atoms with E-state index in [-0.39, 0.29) is 18.8 Å². The van der Waals surface area contributed by atoms with Crippen LogP contribution in [0.2, 0.25) is 0 Å². The van der Waals surface area contributed by atoms with Crippen LogP contribution in [0.25, 0.3) is 0 Å². The van der Waals surface area contributed by atoms with Gasteiger partial charge in [-0.1, -0.05) is 42.5 Å². The molecule has 11 heteroatoms. The van der Waals surface area contributed by atoms with Crippen molar-refractivity contribution >= 4 is 12.0 Å². The Morgan fingerprint density at radius 2 is 1.71 bits per heavy atom. The van der Waals surface area contributed by atoms with E-state index in [0.717, 1.165) is 5.56 Å². The Labute approximate surface area is 202 Å². The van der Waals surface area contributed by atoms with Gasteiger partial charge in [0.2, 0.25) is 5.91 Å². The Bertz CT molecular complexity index is 941. The zero-order chi connectivity index (χ0) is 25.4. The molecule has 2 aromatic carbocycles. The summed E-state index contributed by atoms with van der Waals surface area (Å²) in [6.45, 7) is -0.577. The molecule has 0 saturated carbocycles. The summed E-state index contributed by atoms with van der Waals surface area (Å²) in [6, 6.07) is 12.7. The maximum Gasteiger partial charge on any atom is 0.408 e. The summed E-state index contributed by atoms with van der Waals surface area (Å²) in [5.74, 6) is -0.676. The van der Waals surface area contributed by atoms with Gasteiger partial charge in [-0.15, -0.1) is 0 Å². The zero-order valence-electron chi connectivity index (χ0n) is 19.1. The lowest BCUT2D eigenvalue weighted by Crippen LogP contribution is -2.66. The second-order valence-corrected chi connectivity index (χ2v) is 8.11. The van der Waals surface area contributed by atoms with Crippen LogP contribution in [-0.4, -0.2) is 82.8 Å². The number of carbonyl (C=O) groups is 2. The minimum atomic E-state index is -1.44. The third-order valence-corrected chi connectivity index (χ3v) is 5.62. The fourth-order valence-electron chi connectivity index (χ4n) is 3.70. The number of hydrogen-bond donors (Lipinski definition) is 6. The third-order valence-electron chi connectivity index (χ3n) is 5.62. The van der Waals surface area contributed by atoms with Gasteiger partial charge >= 0.3 is 6.09 Å². The predicted octanol–water partition coefficient (Wildman–Crippen LogP) is -0.200. The number of ether oxygens (including phenoxy) is 3. The Balaban J connectivity index is 1.73. The third kappa shape index (κ3) is 7.13. The van der Waals surface area contributed by atoms with E-state index in [2.05, 4.69) is 10.6 Å². The lowest BCUT2D eigenvalue weighted by molar-refractivity contribution is -0.271. The average Bonchev–Trinajstić information content (AvgIpc) is 2.87. The van der Waals surface area contributed by atoms with Gasteiger partial charge in [0.1, 0.15) is 36.7 Å². The number of rotatable bonds is 9. The number of phenolic OH excluding ortho intramolecular Hbond substituents is 1. The average molecular weight is 491 g/mol. The van der Waals surface area contributed by atoms with E-state index in [9.17, 15) is 30.0 Å². The van der Waals surface area contributed by atoms with Crippen molar-refractivity contribution < 1.29 is 44.2 Å². The minimum Gasteiger partial charge on any atom is -0.508 e. The molecule has 1 heterocycles. The minimum absolute atomic E-state index is 0.00862. The smallest absolute Gasteiger partial charge is 0.408 e. The summed E-state index contributed by atoms with van der Waals surface area (Å²) in [6.07, 6.45) is -6.00. The summed E-state index contributed by atoms with van der Waals surface area (Å²) < 4.78 is 15.6. The number of aliphatic hydroxyl groups is 3. The summed E-state index contributed by atoms with van der Waals surface area (Å²) in [7, 11) is 1.27. The fraction of sp³-hybridized carbons (Fsp3) is 0.417. The first-order valence-electron chi connectivity index (χ1n) is 11.0. The first kappa shape index (κ1) is 26.4. The number of phenols is 1. The molecule has 1 fully saturated rings. The summed E-state index contributed by atoms with van der Waals surface area (Å²) in [5, 5.41) is 45.1. The number of aromatic hydroxyl groups is 1. The van der Waals surface area contributed by atoms with Gasteiger partial charge in [0.25, 0.3) is 0 Å². The van der Waals surface area contributed by atoms with Crippen molar-refractivity contribution in [3.05, 3.63) is 65.7 Å². The monoisotopic (exact) mass is 490 g/mol. The Morgan fingerprint density at radius 3 is 2.34 bits per heavy atom. The molecule has 11 nitrogen and oxygen atoms in total. The van der Waals surface area contributed by atoms with Crippen molar-refractivity contribution in [3.63, 3.8) is 0 Å². The molecule has 1 aliphatic heterocycles. The van der Waals surface area contributed by atoms with E-state index in [1.54, 1.807) is 36.4 Å². The van der Waals surface area contributed by atoms with E-state index < -0.39 is 55.3 Å². The van der Waals surface area contributed by atoms with Crippen LogP contribution in [0, 0.1) is 0 Å². The number of nitrogens with one attached hydrogen (secondary N) is 2. The predicted molar refractivity (Wildman–Crippen MR) is 122 cm³/mol. The van der Waals surface area contributed by atoms with Gasteiger partial charge in [0.15, 0.2) is 6.29 Å². The van der Waals surface area contributed by atoms with Gasteiger partial charge in [-0.25, -0.2) is 4.79 Å². The van der Waals surface area contributed by atoms with Gasteiger partial charge in [-0.3, -0.25) is 4.79 Å². The van der Waals surface area contributed by atoms with Gasteiger partial charge in [0.05, 0.1) is 12.6 Å². The summed E-state index contributed by atoms with van der Waals surface area (Å²) >= 11 is 0. The second kappa shape index (κ2) is 12.5. The summed E-state index contributed by atoms with van der Waals surface area (Å²) in [5.41, 5.74) is 1.39. The molecular weight excluding hydrogens is 460 g/mol. The van der Waals surface area contributed by atoms with Crippen LogP contribution in [0.1, 0.15) is 11.1 Å². The first-order chi connectivity index (χ1) is 16.8. The maximum atomic E-state index is 13.2. The quantitative estimate of drug-likeness (QED) is 0.279. The zero-order valence-corrected chi connectivity index (χ0v) is 19.1. The van der Waals surface area contributed by atoms with Crippen LogP contribution in [0.4, 0.5) is 4.79 Å². The molecule has 2 aromatic rings. The van der Waals surface area contributed by atoms with Gasteiger partial charge < -0.3 is 45.3 Å².